The Hall–Kier alpha value is -1.09. The Bertz CT molecular complexity index is 730. The van der Waals surface area contributed by atoms with Crippen LogP contribution < -0.4 is 0 Å². The lowest BCUT2D eigenvalue weighted by Gasteiger charge is -2.25. The molecule has 3 rings (SSSR count). The zero-order chi connectivity index (χ0) is 16.6. The van der Waals surface area contributed by atoms with Gasteiger partial charge in [-0.1, -0.05) is 56.9 Å². The van der Waals surface area contributed by atoms with Gasteiger partial charge in [0.15, 0.2) is 0 Å². The van der Waals surface area contributed by atoms with Crippen molar-refractivity contribution in [3.8, 4) is 0 Å². The van der Waals surface area contributed by atoms with Crippen molar-refractivity contribution in [1.29, 1.82) is 0 Å². The van der Waals surface area contributed by atoms with Gasteiger partial charge in [-0.05, 0) is 92.2 Å². The molecule has 0 nitrogen and oxygen atoms in total. The van der Waals surface area contributed by atoms with Crippen molar-refractivity contribution in [2.75, 3.05) is 0 Å². The molecule has 3 aliphatic carbocycles. The second kappa shape index (κ2) is 6.43. The van der Waals surface area contributed by atoms with Gasteiger partial charge in [0.1, 0.15) is 0 Å². The fraction of sp³-hybridized carbons (Fsp3) is 0.364. The summed E-state index contributed by atoms with van der Waals surface area (Å²) in [5.41, 5.74) is 8.48. The van der Waals surface area contributed by atoms with Crippen LogP contribution in [0.2, 0.25) is 0 Å². The van der Waals surface area contributed by atoms with Gasteiger partial charge in [0, 0.05) is 5.41 Å². The van der Waals surface area contributed by atoms with Gasteiger partial charge in [-0.15, -0.1) is 0 Å². The molecule has 0 unspecified atom stereocenters. The number of hydrogen-bond acceptors (Lipinski definition) is 0. The van der Waals surface area contributed by atoms with Crippen molar-refractivity contribution in [3.63, 3.8) is 0 Å². The summed E-state index contributed by atoms with van der Waals surface area (Å²) >= 11 is 2.44. The van der Waals surface area contributed by atoms with E-state index in [0.29, 0.717) is 0 Å². The van der Waals surface area contributed by atoms with Gasteiger partial charge in [0.25, 0.3) is 0 Å². The lowest BCUT2D eigenvalue weighted by molar-refractivity contribution is 0.575. The average Bonchev–Trinajstić information content (AvgIpc) is 2.74. The number of rotatable bonds is 2. The fourth-order valence-electron chi connectivity index (χ4n) is 3.88. The zero-order valence-corrected chi connectivity index (χ0v) is 16.5. The van der Waals surface area contributed by atoms with E-state index in [1.54, 1.807) is 0 Å². The maximum Gasteiger partial charge on any atom is 0.0155 e. The second-order valence-corrected chi connectivity index (χ2v) is 8.43. The van der Waals surface area contributed by atoms with Crippen LogP contribution in [-0.2, 0) is 0 Å². The predicted octanol–water partition coefficient (Wildman–Crippen LogP) is 7.14. The van der Waals surface area contributed by atoms with Crippen molar-refractivity contribution < 1.29 is 0 Å². The summed E-state index contributed by atoms with van der Waals surface area (Å²) in [5.74, 6) is 0. The van der Waals surface area contributed by atoms with Crippen molar-refractivity contribution in [2.45, 2.75) is 46.5 Å². The summed E-state index contributed by atoms with van der Waals surface area (Å²) in [6, 6.07) is 0. The van der Waals surface area contributed by atoms with Crippen LogP contribution in [0, 0.1) is 5.41 Å². The summed E-state index contributed by atoms with van der Waals surface area (Å²) in [4.78, 5) is 0. The van der Waals surface area contributed by atoms with Crippen LogP contribution in [0.3, 0.4) is 0 Å². The highest BCUT2D eigenvalue weighted by molar-refractivity contribution is 14.1. The van der Waals surface area contributed by atoms with Crippen LogP contribution >= 0.6 is 22.6 Å². The molecule has 1 heteroatoms. The lowest BCUT2D eigenvalue weighted by atomic mass is 9.78. The molecule has 0 saturated carbocycles. The Labute approximate surface area is 154 Å². The van der Waals surface area contributed by atoms with E-state index in [-0.39, 0.29) is 5.41 Å². The molecule has 0 fully saturated rings. The van der Waals surface area contributed by atoms with Crippen molar-refractivity contribution in [2.24, 2.45) is 5.41 Å². The molecule has 120 valence electrons. The molecule has 0 aliphatic heterocycles. The standard InChI is InChI=1S/C22H25I/c1-5-16(17-10-12-18(23)13-11-17)14-21-15(2)19-8-6-7-9-20(19)22(21,3)4/h5,7,9-10,12,14H,2,6,8,11,13H2,1,3-4H3/b16-5+,21-14+. The predicted molar refractivity (Wildman–Crippen MR) is 110 cm³/mol. The van der Waals surface area contributed by atoms with Crippen LogP contribution in [-0.4, -0.2) is 0 Å². The summed E-state index contributed by atoms with van der Waals surface area (Å²) in [5, 5.41) is 0. The molecule has 0 saturated heterocycles. The topological polar surface area (TPSA) is 0 Å². The molecule has 0 atom stereocenters. The van der Waals surface area contributed by atoms with Gasteiger partial charge in [-0.3, -0.25) is 0 Å². The number of allylic oxidation sites excluding steroid dienone is 13. The minimum atomic E-state index is 0.0666. The molecule has 3 aliphatic rings. The van der Waals surface area contributed by atoms with Crippen LogP contribution in [0.5, 0.6) is 0 Å². The van der Waals surface area contributed by atoms with Crippen LogP contribution in [0.25, 0.3) is 0 Å². The largest absolute Gasteiger partial charge is 0.0912 e. The molecule has 0 aromatic heterocycles. The Kier molecular flexibility index (Phi) is 4.68. The Morgan fingerprint density at radius 1 is 1.22 bits per heavy atom. The maximum atomic E-state index is 4.44. The highest BCUT2D eigenvalue weighted by Gasteiger charge is 2.38. The third-order valence-electron chi connectivity index (χ3n) is 5.29. The van der Waals surface area contributed by atoms with Gasteiger partial charge < -0.3 is 0 Å². The highest BCUT2D eigenvalue weighted by atomic mass is 127. The number of halogens is 1. The monoisotopic (exact) mass is 416 g/mol. The van der Waals surface area contributed by atoms with Crippen LogP contribution in [0.1, 0.15) is 46.5 Å². The molecule has 0 amide bonds. The van der Waals surface area contributed by atoms with Crippen LogP contribution in [0.4, 0.5) is 0 Å². The lowest BCUT2D eigenvalue weighted by Crippen LogP contribution is -2.13. The van der Waals surface area contributed by atoms with E-state index in [2.05, 4.69) is 86.4 Å². The molecule has 0 aromatic carbocycles. The molecule has 0 heterocycles. The molecule has 23 heavy (non-hydrogen) atoms. The van der Waals surface area contributed by atoms with Gasteiger partial charge in [0.2, 0.25) is 0 Å². The average molecular weight is 416 g/mol. The van der Waals surface area contributed by atoms with E-state index >= 15 is 0 Å². The first-order valence-corrected chi connectivity index (χ1v) is 9.57. The third-order valence-corrected chi connectivity index (χ3v) is 6.19. The Balaban J connectivity index is 1.99. The Morgan fingerprint density at radius 2 is 2.00 bits per heavy atom. The van der Waals surface area contributed by atoms with E-state index in [1.807, 2.05) is 0 Å². The quantitative estimate of drug-likeness (QED) is 0.420. The smallest absolute Gasteiger partial charge is 0.0155 e. The first-order valence-electron chi connectivity index (χ1n) is 8.49. The first kappa shape index (κ1) is 16.8. The molecule has 0 spiro atoms. The van der Waals surface area contributed by atoms with E-state index in [4.69, 9.17) is 0 Å². The molecular weight excluding hydrogens is 391 g/mol. The van der Waals surface area contributed by atoms with E-state index in [0.717, 1.165) is 25.7 Å². The molecule has 0 N–H and O–H groups in total. The SMILES string of the molecule is C=C1C2=C(C=CCC2)C(C)(C)/C1=C/C(=C\C)C1=CC=C(I)CC1. The van der Waals surface area contributed by atoms with Gasteiger partial charge >= 0.3 is 0 Å². The third kappa shape index (κ3) is 3.00. The molecule has 0 radical (unpaired) electrons. The van der Waals surface area contributed by atoms with Gasteiger partial charge in [-0.25, -0.2) is 0 Å². The van der Waals surface area contributed by atoms with Crippen molar-refractivity contribution >= 4 is 22.6 Å². The molecular formula is C22H25I. The normalized spacial score (nSPS) is 25.7. The minimum Gasteiger partial charge on any atom is -0.0912 e. The molecule has 0 bridgehead atoms. The van der Waals surface area contributed by atoms with Gasteiger partial charge in [0.05, 0.1) is 0 Å². The van der Waals surface area contributed by atoms with E-state index < -0.39 is 0 Å². The van der Waals surface area contributed by atoms with Crippen molar-refractivity contribution in [3.05, 3.63) is 80.1 Å². The fourth-order valence-corrected chi connectivity index (χ4v) is 4.33. The first-order chi connectivity index (χ1) is 10.9. The second-order valence-electron chi connectivity index (χ2n) is 7.04. The number of hydrogen-bond donors (Lipinski definition) is 0. The Morgan fingerprint density at radius 3 is 2.61 bits per heavy atom. The summed E-state index contributed by atoms with van der Waals surface area (Å²) in [7, 11) is 0. The molecule has 0 aromatic rings. The maximum absolute atomic E-state index is 4.44. The van der Waals surface area contributed by atoms with Crippen molar-refractivity contribution in [1.82, 2.24) is 0 Å². The van der Waals surface area contributed by atoms with Crippen LogP contribution in [0.15, 0.2) is 80.1 Å². The summed E-state index contributed by atoms with van der Waals surface area (Å²) in [6.07, 6.45) is 18.4. The zero-order valence-electron chi connectivity index (χ0n) is 14.4. The van der Waals surface area contributed by atoms with E-state index in [9.17, 15) is 0 Å². The summed E-state index contributed by atoms with van der Waals surface area (Å²) in [6.45, 7) is 11.3. The highest BCUT2D eigenvalue weighted by Crippen LogP contribution is 2.53. The summed E-state index contributed by atoms with van der Waals surface area (Å²) < 4.78 is 1.45. The van der Waals surface area contributed by atoms with Gasteiger partial charge in [-0.2, -0.15) is 0 Å². The minimum absolute atomic E-state index is 0.0666. The van der Waals surface area contributed by atoms with E-state index in [1.165, 1.54) is 37.0 Å².